The molecule has 1 atom stereocenters. The summed E-state index contributed by atoms with van der Waals surface area (Å²) in [6, 6.07) is 5.42. The van der Waals surface area contributed by atoms with Crippen LogP contribution in [0.25, 0.3) is 0 Å². The SMILES string of the molecule is CNCC(=O)OCOC(=O)N1C(C)=C(C(=O)OCCOC)C(c2cccc([N+](=O)[O-])c2)C(C(=O)OC(C)C)=C1C. The number of nitrogens with one attached hydrogen (secondary N) is 1. The van der Waals surface area contributed by atoms with Crippen molar-refractivity contribution >= 4 is 29.7 Å². The maximum Gasteiger partial charge on any atom is 0.421 e. The van der Waals surface area contributed by atoms with E-state index in [0.29, 0.717) is 0 Å². The van der Waals surface area contributed by atoms with Crippen LogP contribution < -0.4 is 5.32 Å². The number of esters is 3. The highest BCUT2D eigenvalue weighted by molar-refractivity contribution is 6.01. The van der Waals surface area contributed by atoms with Gasteiger partial charge in [0.2, 0.25) is 6.79 Å². The topological polar surface area (TPSA) is 173 Å². The molecule has 40 heavy (non-hydrogen) atoms. The van der Waals surface area contributed by atoms with Gasteiger partial charge in [0.1, 0.15) is 6.61 Å². The Kier molecular flexibility index (Phi) is 11.8. The Morgan fingerprint density at radius 1 is 1.02 bits per heavy atom. The Labute approximate surface area is 231 Å². The largest absolute Gasteiger partial charge is 0.460 e. The number of amides is 1. The number of methoxy groups -OCH3 is 1. The van der Waals surface area contributed by atoms with E-state index in [1.807, 2.05) is 0 Å². The summed E-state index contributed by atoms with van der Waals surface area (Å²) in [7, 11) is 2.95. The second-order valence-electron chi connectivity index (χ2n) is 8.78. The van der Waals surface area contributed by atoms with Crippen molar-refractivity contribution in [3.63, 3.8) is 0 Å². The Bertz CT molecular complexity index is 1210. The quantitative estimate of drug-likeness (QED) is 0.0985. The summed E-state index contributed by atoms with van der Waals surface area (Å²) in [5.41, 5.74) is -0.272. The minimum Gasteiger partial charge on any atom is -0.460 e. The lowest BCUT2D eigenvalue weighted by Crippen LogP contribution is -2.39. The van der Waals surface area contributed by atoms with Crippen LogP contribution in [0, 0.1) is 10.1 Å². The fourth-order valence-electron chi connectivity index (χ4n) is 3.99. The predicted molar refractivity (Wildman–Crippen MR) is 139 cm³/mol. The first-order chi connectivity index (χ1) is 18.9. The first-order valence-electron chi connectivity index (χ1n) is 12.2. The summed E-state index contributed by atoms with van der Waals surface area (Å²) in [6.45, 7) is 5.17. The van der Waals surface area contributed by atoms with Crippen LogP contribution in [0.1, 0.15) is 39.2 Å². The lowest BCUT2D eigenvalue weighted by Gasteiger charge is -2.36. The molecule has 0 radical (unpaired) electrons. The van der Waals surface area contributed by atoms with Crippen LogP contribution in [0.15, 0.2) is 46.8 Å². The van der Waals surface area contributed by atoms with Crippen molar-refractivity contribution < 1.29 is 47.8 Å². The summed E-state index contributed by atoms with van der Waals surface area (Å²) in [5.74, 6) is -3.63. The third-order valence-corrected chi connectivity index (χ3v) is 5.65. The van der Waals surface area contributed by atoms with Crippen molar-refractivity contribution in [2.24, 2.45) is 0 Å². The van der Waals surface area contributed by atoms with Crippen LogP contribution >= 0.6 is 0 Å². The highest BCUT2D eigenvalue weighted by Crippen LogP contribution is 2.44. The van der Waals surface area contributed by atoms with Gasteiger partial charge in [-0.2, -0.15) is 0 Å². The summed E-state index contributed by atoms with van der Waals surface area (Å²) >= 11 is 0. The number of nitro groups is 1. The molecule has 0 spiro atoms. The van der Waals surface area contributed by atoms with Gasteiger partial charge in [-0.15, -0.1) is 0 Å². The number of non-ortho nitro benzene ring substituents is 1. The second-order valence-corrected chi connectivity index (χ2v) is 8.78. The molecule has 1 aromatic rings. The first-order valence-corrected chi connectivity index (χ1v) is 12.2. The molecule has 0 aliphatic carbocycles. The Hall–Kier alpha value is -4.30. The van der Waals surface area contributed by atoms with Gasteiger partial charge in [0.15, 0.2) is 0 Å². The van der Waals surface area contributed by atoms with Crippen LogP contribution in [0.5, 0.6) is 0 Å². The summed E-state index contributed by atoms with van der Waals surface area (Å²) in [4.78, 5) is 63.5. The van der Waals surface area contributed by atoms with Gasteiger partial charge in [-0.05, 0) is 40.3 Å². The highest BCUT2D eigenvalue weighted by Gasteiger charge is 2.43. The maximum absolute atomic E-state index is 13.4. The number of carbonyl (C=O) groups excluding carboxylic acids is 4. The molecule has 2 rings (SSSR count). The molecule has 1 aliphatic rings. The van der Waals surface area contributed by atoms with E-state index in [1.165, 1.54) is 52.3 Å². The second kappa shape index (κ2) is 14.7. The fraction of sp³-hybridized carbons (Fsp3) is 0.462. The standard InChI is InChI=1S/C26H33N3O11/c1-15(2)40-25(32)22-17(4)28(26(33)39-14-38-20(30)13-27-5)16(3)21(24(31)37-11-10-36-6)23(22)18-8-7-9-19(12-18)29(34)35/h7-9,12,15,23,27H,10-11,13-14H2,1-6H3. The van der Waals surface area contributed by atoms with Gasteiger partial charge in [0.25, 0.3) is 5.69 Å². The van der Waals surface area contributed by atoms with Crippen molar-refractivity contribution in [1.29, 1.82) is 0 Å². The van der Waals surface area contributed by atoms with Crippen molar-refractivity contribution in [2.45, 2.75) is 39.7 Å². The molecular weight excluding hydrogens is 530 g/mol. The van der Waals surface area contributed by atoms with Crippen molar-refractivity contribution in [2.75, 3.05) is 40.7 Å². The van der Waals surface area contributed by atoms with E-state index in [9.17, 15) is 29.3 Å². The monoisotopic (exact) mass is 563 g/mol. The predicted octanol–water partition coefficient (Wildman–Crippen LogP) is 2.54. The van der Waals surface area contributed by atoms with Crippen LogP contribution in [-0.2, 0) is 38.1 Å². The molecule has 0 fully saturated rings. The van der Waals surface area contributed by atoms with Crippen LogP contribution in [0.4, 0.5) is 10.5 Å². The average molecular weight is 564 g/mol. The summed E-state index contributed by atoms with van der Waals surface area (Å²) in [6.07, 6.45) is -1.63. The lowest BCUT2D eigenvalue weighted by atomic mass is 9.79. The van der Waals surface area contributed by atoms with E-state index >= 15 is 0 Å². The van der Waals surface area contributed by atoms with Gasteiger partial charge in [0, 0.05) is 30.6 Å². The summed E-state index contributed by atoms with van der Waals surface area (Å²) in [5, 5.41) is 14.1. The number of hydrogen-bond acceptors (Lipinski definition) is 12. The molecule has 0 saturated carbocycles. The molecule has 0 aromatic heterocycles. The zero-order valence-corrected chi connectivity index (χ0v) is 23.2. The molecule has 1 heterocycles. The van der Waals surface area contributed by atoms with Crippen LogP contribution in [-0.4, -0.2) is 80.6 Å². The van der Waals surface area contributed by atoms with Gasteiger partial charge in [-0.25, -0.2) is 14.4 Å². The third kappa shape index (κ3) is 7.86. The van der Waals surface area contributed by atoms with Crippen LogP contribution in [0.3, 0.4) is 0 Å². The molecule has 14 heteroatoms. The number of nitro benzene ring substituents is 1. The van der Waals surface area contributed by atoms with Gasteiger partial charge < -0.3 is 29.0 Å². The number of benzene rings is 1. The number of allylic oxidation sites excluding steroid dienone is 2. The van der Waals surface area contributed by atoms with E-state index in [4.69, 9.17) is 23.7 Å². The zero-order chi connectivity index (χ0) is 30.0. The molecule has 1 N–H and O–H groups in total. The molecule has 218 valence electrons. The number of rotatable bonds is 12. The number of carbonyl (C=O) groups is 4. The third-order valence-electron chi connectivity index (χ3n) is 5.65. The Morgan fingerprint density at radius 2 is 1.68 bits per heavy atom. The van der Waals surface area contributed by atoms with Crippen LogP contribution in [0.2, 0.25) is 0 Å². The number of hydrogen-bond donors (Lipinski definition) is 1. The smallest absolute Gasteiger partial charge is 0.421 e. The molecule has 0 saturated heterocycles. The first kappa shape index (κ1) is 31.9. The molecular formula is C26H33N3O11. The Balaban J connectivity index is 2.70. The number of likely N-dealkylation sites (N-methyl/N-ethyl adjacent to an activating group) is 1. The van der Waals surface area contributed by atoms with Crippen molar-refractivity contribution in [3.8, 4) is 0 Å². The average Bonchev–Trinajstić information content (AvgIpc) is 2.88. The zero-order valence-electron chi connectivity index (χ0n) is 23.2. The van der Waals surface area contributed by atoms with E-state index < -0.39 is 47.7 Å². The normalized spacial score (nSPS) is 15.2. The van der Waals surface area contributed by atoms with E-state index in [-0.39, 0.29) is 53.5 Å². The number of nitrogens with zero attached hydrogens (tertiary/aromatic N) is 2. The molecule has 1 aromatic carbocycles. The summed E-state index contributed by atoms with van der Waals surface area (Å²) < 4.78 is 25.7. The fourth-order valence-corrected chi connectivity index (χ4v) is 3.99. The highest BCUT2D eigenvalue weighted by atomic mass is 16.7. The molecule has 1 unspecified atom stereocenters. The van der Waals surface area contributed by atoms with E-state index in [1.54, 1.807) is 13.8 Å². The van der Waals surface area contributed by atoms with Gasteiger partial charge in [-0.3, -0.25) is 19.8 Å². The Morgan fingerprint density at radius 3 is 2.25 bits per heavy atom. The molecule has 1 aliphatic heterocycles. The molecule has 1 amide bonds. The number of ether oxygens (including phenoxy) is 5. The lowest BCUT2D eigenvalue weighted by molar-refractivity contribution is -0.384. The minimum atomic E-state index is -1.20. The minimum absolute atomic E-state index is 0.0315. The van der Waals surface area contributed by atoms with E-state index in [0.717, 1.165) is 4.90 Å². The molecule has 14 nitrogen and oxygen atoms in total. The van der Waals surface area contributed by atoms with Gasteiger partial charge in [0.05, 0.1) is 41.2 Å². The van der Waals surface area contributed by atoms with Crippen molar-refractivity contribution in [1.82, 2.24) is 10.2 Å². The van der Waals surface area contributed by atoms with Crippen molar-refractivity contribution in [3.05, 3.63) is 62.5 Å². The maximum atomic E-state index is 13.4. The van der Waals surface area contributed by atoms with Gasteiger partial charge >= 0.3 is 24.0 Å². The van der Waals surface area contributed by atoms with Gasteiger partial charge in [-0.1, -0.05) is 12.1 Å². The van der Waals surface area contributed by atoms with E-state index in [2.05, 4.69) is 5.32 Å². The molecule has 0 bridgehead atoms.